The Morgan fingerprint density at radius 1 is 1.36 bits per heavy atom. The van der Waals surface area contributed by atoms with Crippen LogP contribution in [-0.4, -0.2) is 36.7 Å². The summed E-state index contributed by atoms with van der Waals surface area (Å²) in [5, 5.41) is 22.5. The van der Waals surface area contributed by atoms with Crippen LogP contribution < -0.4 is 5.32 Å². The van der Waals surface area contributed by atoms with Crippen molar-refractivity contribution in [3.63, 3.8) is 0 Å². The van der Waals surface area contributed by atoms with Gasteiger partial charge in [0.1, 0.15) is 5.52 Å². The number of carboxylic acid groups (broad SMARTS) is 1. The SMILES string of the molecule is O=C(NC1CC(C(=O)O)C1)c1cc([N+](=O)[O-])c2nsnc2c1. The topological polar surface area (TPSA) is 135 Å². The van der Waals surface area contributed by atoms with Crippen LogP contribution >= 0.6 is 11.7 Å². The van der Waals surface area contributed by atoms with Crippen LogP contribution in [0.5, 0.6) is 0 Å². The summed E-state index contributed by atoms with van der Waals surface area (Å²) in [5.41, 5.74) is 0.293. The quantitative estimate of drug-likeness (QED) is 0.637. The molecule has 1 amide bonds. The number of aliphatic carboxylic acids is 1. The standard InChI is InChI=1S/C12H10N4O5S/c17-11(13-7-1-6(2-7)12(18)19)5-3-8-10(15-22-14-8)9(4-5)16(20)21/h3-4,6-7H,1-2H2,(H,13,17)(H,18,19). The molecule has 1 saturated carbocycles. The van der Waals surface area contributed by atoms with Gasteiger partial charge in [-0.3, -0.25) is 19.7 Å². The van der Waals surface area contributed by atoms with Crippen LogP contribution in [0.4, 0.5) is 5.69 Å². The van der Waals surface area contributed by atoms with E-state index in [-0.39, 0.29) is 22.8 Å². The van der Waals surface area contributed by atoms with Gasteiger partial charge in [-0.2, -0.15) is 8.75 Å². The number of nitrogens with one attached hydrogen (secondary N) is 1. The number of benzene rings is 1. The molecule has 1 aliphatic carbocycles. The molecule has 2 aromatic rings. The molecule has 0 bridgehead atoms. The van der Waals surface area contributed by atoms with E-state index in [0.717, 1.165) is 17.8 Å². The Hall–Kier alpha value is -2.62. The molecule has 1 fully saturated rings. The van der Waals surface area contributed by atoms with Crippen molar-refractivity contribution < 1.29 is 19.6 Å². The summed E-state index contributed by atoms with van der Waals surface area (Å²) >= 11 is 0.837. The van der Waals surface area contributed by atoms with Gasteiger partial charge in [0.25, 0.3) is 11.6 Å². The van der Waals surface area contributed by atoms with Gasteiger partial charge >= 0.3 is 5.97 Å². The first kappa shape index (κ1) is 14.3. The molecule has 0 atom stereocenters. The molecule has 114 valence electrons. The fourth-order valence-corrected chi connectivity index (χ4v) is 2.89. The van der Waals surface area contributed by atoms with Crippen LogP contribution in [0.2, 0.25) is 0 Å². The van der Waals surface area contributed by atoms with E-state index in [9.17, 15) is 19.7 Å². The van der Waals surface area contributed by atoms with Gasteiger partial charge < -0.3 is 10.4 Å². The molecule has 2 N–H and O–H groups in total. The van der Waals surface area contributed by atoms with Gasteiger partial charge in [-0.25, -0.2) is 0 Å². The summed E-state index contributed by atoms with van der Waals surface area (Å²) in [5.74, 6) is -1.80. The van der Waals surface area contributed by atoms with E-state index in [2.05, 4.69) is 14.1 Å². The summed E-state index contributed by atoms with van der Waals surface area (Å²) < 4.78 is 7.77. The second kappa shape index (κ2) is 5.30. The molecule has 0 spiro atoms. The second-order valence-electron chi connectivity index (χ2n) is 5.06. The van der Waals surface area contributed by atoms with E-state index in [0.29, 0.717) is 18.4 Å². The number of amides is 1. The predicted molar refractivity (Wildman–Crippen MR) is 75.7 cm³/mol. The van der Waals surface area contributed by atoms with Crippen LogP contribution in [0.25, 0.3) is 11.0 Å². The molecule has 0 unspecified atom stereocenters. The minimum atomic E-state index is -0.879. The highest BCUT2D eigenvalue weighted by Gasteiger charge is 2.35. The van der Waals surface area contributed by atoms with Crippen molar-refractivity contribution in [1.29, 1.82) is 0 Å². The van der Waals surface area contributed by atoms with Crippen molar-refractivity contribution in [2.75, 3.05) is 0 Å². The van der Waals surface area contributed by atoms with E-state index in [1.165, 1.54) is 6.07 Å². The lowest BCUT2D eigenvalue weighted by Gasteiger charge is -2.32. The van der Waals surface area contributed by atoms with Crippen molar-refractivity contribution in [1.82, 2.24) is 14.1 Å². The van der Waals surface area contributed by atoms with Crippen LogP contribution in [0.15, 0.2) is 12.1 Å². The van der Waals surface area contributed by atoms with Gasteiger partial charge in [0, 0.05) is 17.7 Å². The van der Waals surface area contributed by atoms with E-state index in [1.807, 2.05) is 0 Å². The van der Waals surface area contributed by atoms with Crippen molar-refractivity contribution in [2.45, 2.75) is 18.9 Å². The van der Waals surface area contributed by atoms with Crippen molar-refractivity contribution in [3.8, 4) is 0 Å². The molecule has 0 radical (unpaired) electrons. The number of nitro benzene ring substituents is 1. The zero-order valence-electron chi connectivity index (χ0n) is 11.1. The number of hydrogen-bond donors (Lipinski definition) is 2. The lowest BCUT2D eigenvalue weighted by atomic mass is 9.80. The van der Waals surface area contributed by atoms with Crippen molar-refractivity contribution in [3.05, 3.63) is 27.8 Å². The van der Waals surface area contributed by atoms with Gasteiger partial charge in [0.15, 0.2) is 5.52 Å². The van der Waals surface area contributed by atoms with Gasteiger partial charge in [0.2, 0.25) is 0 Å². The molecule has 0 aliphatic heterocycles. The van der Waals surface area contributed by atoms with Crippen LogP contribution in [0.1, 0.15) is 23.2 Å². The second-order valence-corrected chi connectivity index (χ2v) is 5.59. The zero-order chi connectivity index (χ0) is 15.9. The summed E-state index contributed by atoms with van der Waals surface area (Å²) in [6, 6.07) is 2.37. The summed E-state index contributed by atoms with van der Waals surface area (Å²) in [7, 11) is 0. The van der Waals surface area contributed by atoms with E-state index in [1.54, 1.807) is 0 Å². The van der Waals surface area contributed by atoms with E-state index in [4.69, 9.17) is 5.11 Å². The Balaban J connectivity index is 1.80. The lowest BCUT2D eigenvalue weighted by Crippen LogP contribution is -2.46. The third-order valence-corrected chi connectivity index (χ3v) is 4.16. The van der Waals surface area contributed by atoms with E-state index >= 15 is 0 Å². The average Bonchev–Trinajstić information content (AvgIpc) is 2.88. The largest absolute Gasteiger partial charge is 0.481 e. The first-order valence-corrected chi connectivity index (χ1v) is 7.13. The third-order valence-electron chi connectivity index (χ3n) is 3.62. The van der Waals surface area contributed by atoms with Gasteiger partial charge in [-0.15, -0.1) is 0 Å². The Kier molecular flexibility index (Phi) is 3.45. The highest BCUT2D eigenvalue weighted by atomic mass is 32.1. The smallest absolute Gasteiger partial charge is 0.306 e. The first-order valence-electron chi connectivity index (χ1n) is 6.40. The normalized spacial score (nSPS) is 20.4. The molecule has 22 heavy (non-hydrogen) atoms. The number of carboxylic acids is 1. The summed E-state index contributed by atoms with van der Waals surface area (Å²) in [6.07, 6.45) is 0.729. The van der Waals surface area contributed by atoms with Gasteiger partial charge in [0.05, 0.1) is 22.6 Å². The molecule has 1 heterocycles. The number of non-ortho nitro benzene ring substituents is 1. The zero-order valence-corrected chi connectivity index (χ0v) is 11.9. The maximum Gasteiger partial charge on any atom is 0.306 e. The van der Waals surface area contributed by atoms with Crippen molar-refractivity contribution in [2.24, 2.45) is 5.92 Å². The molecular weight excluding hydrogens is 312 g/mol. The third kappa shape index (κ3) is 2.48. The molecule has 9 nitrogen and oxygen atoms in total. The molecule has 3 rings (SSSR count). The first-order chi connectivity index (χ1) is 10.5. The fourth-order valence-electron chi connectivity index (χ4n) is 2.35. The predicted octanol–water partition coefficient (Wildman–Crippen LogP) is 1.19. The average molecular weight is 322 g/mol. The van der Waals surface area contributed by atoms with Crippen LogP contribution in [-0.2, 0) is 4.79 Å². The minimum Gasteiger partial charge on any atom is -0.481 e. The fraction of sp³-hybridized carbons (Fsp3) is 0.333. The number of aromatic nitrogens is 2. The Labute approximate surface area is 127 Å². The van der Waals surface area contributed by atoms with E-state index < -0.39 is 22.7 Å². The molecule has 1 aromatic heterocycles. The maximum atomic E-state index is 12.1. The monoisotopic (exact) mass is 322 g/mol. The number of carbonyl (C=O) groups excluding carboxylic acids is 1. The Bertz CT molecular complexity index is 783. The van der Waals surface area contributed by atoms with Gasteiger partial charge in [-0.05, 0) is 18.9 Å². The number of hydrogen-bond acceptors (Lipinski definition) is 7. The lowest BCUT2D eigenvalue weighted by molar-refractivity contribution is -0.383. The van der Waals surface area contributed by atoms with Gasteiger partial charge in [-0.1, -0.05) is 0 Å². The number of rotatable bonds is 4. The summed E-state index contributed by atoms with van der Waals surface area (Å²) in [6.45, 7) is 0. The number of fused-ring (bicyclic) bond motifs is 1. The minimum absolute atomic E-state index is 0.116. The highest BCUT2D eigenvalue weighted by molar-refractivity contribution is 7.00. The summed E-state index contributed by atoms with van der Waals surface area (Å²) in [4.78, 5) is 33.3. The molecule has 1 aromatic carbocycles. The molecule has 10 heteroatoms. The number of nitro groups is 1. The molecule has 1 aliphatic rings. The maximum absolute atomic E-state index is 12.1. The highest BCUT2D eigenvalue weighted by Crippen LogP contribution is 2.29. The van der Waals surface area contributed by atoms with Crippen molar-refractivity contribution >= 4 is 40.3 Å². The van der Waals surface area contributed by atoms with Crippen LogP contribution in [0, 0.1) is 16.0 Å². The Morgan fingerprint density at radius 3 is 2.73 bits per heavy atom. The molecular formula is C12H10N4O5S. The van der Waals surface area contributed by atoms with Crippen LogP contribution in [0.3, 0.4) is 0 Å². The number of nitrogens with zero attached hydrogens (tertiary/aromatic N) is 3. The molecule has 0 saturated heterocycles. The number of carbonyl (C=O) groups is 2. The Morgan fingerprint density at radius 2 is 2.09 bits per heavy atom.